The van der Waals surface area contributed by atoms with E-state index < -0.39 is 0 Å². The fourth-order valence-electron chi connectivity index (χ4n) is 4.45. The van der Waals surface area contributed by atoms with Crippen LogP contribution in [0.1, 0.15) is 50.8 Å². The molecule has 31 heavy (non-hydrogen) atoms. The van der Waals surface area contributed by atoms with E-state index in [0.29, 0.717) is 23.3 Å². The first-order chi connectivity index (χ1) is 15.2. The zero-order valence-corrected chi connectivity index (χ0v) is 19.5. The summed E-state index contributed by atoms with van der Waals surface area (Å²) in [4.78, 5) is 19.4. The maximum Gasteiger partial charge on any atom is 0.241 e. The predicted octanol–water partition coefficient (Wildman–Crippen LogP) is 4.78. The zero-order valence-electron chi connectivity index (χ0n) is 17.9. The number of hydrogen-bond donors (Lipinski definition) is 1. The molecule has 1 amide bonds. The summed E-state index contributed by atoms with van der Waals surface area (Å²) in [6.45, 7) is 2.98. The van der Waals surface area contributed by atoms with Crippen molar-refractivity contribution in [3.63, 3.8) is 0 Å². The summed E-state index contributed by atoms with van der Waals surface area (Å²) in [6.07, 6.45) is 8.72. The first-order valence-corrected chi connectivity index (χ1v) is 12.8. The molecule has 0 bridgehead atoms. The molecule has 2 fully saturated rings. The van der Waals surface area contributed by atoms with E-state index in [9.17, 15) is 4.79 Å². The summed E-state index contributed by atoms with van der Waals surface area (Å²) in [5.41, 5.74) is 0.765. The van der Waals surface area contributed by atoms with Crippen molar-refractivity contribution in [2.24, 2.45) is 5.92 Å². The second kappa shape index (κ2) is 11.3. The number of likely N-dealkylation sites (tertiary alicyclic amines) is 1. The minimum absolute atomic E-state index is 0.0272. The minimum atomic E-state index is 0.0272. The molecule has 0 radical (unpaired) electrons. The number of nitrogens with one attached hydrogen (secondary N) is 1. The van der Waals surface area contributed by atoms with Crippen LogP contribution in [0.25, 0.3) is 11.4 Å². The second-order valence-electron chi connectivity index (χ2n) is 8.49. The molecule has 1 aliphatic carbocycles. The largest absolute Gasteiger partial charge is 0.355 e. The van der Waals surface area contributed by atoms with E-state index in [1.165, 1.54) is 32.1 Å². The highest BCUT2D eigenvalue weighted by molar-refractivity contribution is 7.99. The van der Waals surface area contributed by atoms with Crippen LogP contribution in [-0.4, -0.2) is 51.6 Å². The highest BCUT2D eigenvalue weighted by Gasteiger charge is 2.27. The number of piperidine rings is 1. The lowest BCUT2D eigenvalue weighted by Crippen LogP contribution is -2.43. The van der Waals surface area contributed by atoms with Crippen molar-refractivity contribution in [1.29, 1.82) is 0 Å². The fraction of sp³-hybridized carbons (Fsp3) is 0.609. The quantitative estimate of drug-likeness (QED) is 0.569. The predicted molar refractivity (Wildman–Crippen MR) is 125 cm³/mol. The number of amides is 1. The molecule has 2 heterocycles. The van der Waals surface area contributed by atoms with Crippen LogP contribution >= 0.6 is 23.4 Å². The van der Waals surface area contributed by atoms with Crippen LogP contribution in [0.2, 0.25) is 5.02 Å². The molecule has 1 saturated heterocycles. The summed E-state index contributed by atoms with van der Waals surface area (Å²) < 4.78 is 5.44. The number of carbonyl (C=O) groups excluding carboxylic acids is 1. The van der Waals surface area contributed by atoms with E-state index in [2.05, 4.69) is 20.4 Å². The van der Waals surface area contributed by atoms with Crippen molar-refractivity contribution in [1.82, 2.24) is 20.4 Å². The number of halogens is 1. The van der Waals surface area contributed by atoms with Gasteiger partial charge in [-0.15, -0.1) is 0 Å². The van der Waals surface area contributed by atoms with Crippen molar-refractivity contribution in [3.8, 4) is 11.4 Å². The number of nitrogens with zero attached hydrogens (tertiary/aromatic N) is 3. The third-order valence-electron chi connectivity index (χ3n) is 6.13. The molecular weight excluding hydrogens is 432 g/mol. The van der Waals surface area contributed by atoms with Crippen molar-refractivity contribution in [2.45, 2.75) is 56.7 Å². The number of carbonyl (C=O) groups is 1. The Bertz CT molecular complexity index is 856. The van der Waals surface area contributed by atoms with Gasteiger partial charge in [0.15, 0.2) is 0 Å². The standard InChI is InChI=1S/C23H31ClN4O2S/c24-20-11-5-4-10-19(20)22-26-21(30-27-22)16-28-13-6-7-17(15-28)23(29)25-12-14-31-18-8-2-1-3-9-18/h4-5,10-11,17-18H,1-3,6-9,12-16H2,(H,25,29). The van der Waals surface area contributed by atoms with Gasteiger partial charge in [-0.2, -0.15) is 16.7 Å². The van der Waals surface area contributed by atoms with Crippen LogP contribution in [-0.2, 0) is 11.3 Å². The Balaban J connectivity index is 1.22. The Morgan fingerprint density at radius 2 is 2.03 bits per heavy atom. The summed E-state index contributed by atoms with van der Waals surface area (Å²) >= 11 is 8.26. The van der Waals surface area contributed by atoms with Gasteiger partial charge in [0.05, 0.1) is 17.5 Å². The number of aromatic nitrogens is 2. The molecule has 1 unspecified atom stereocenters. The Morgan fingerprint density at radius 1 is 1.19 bits per heavy atom. The highest BCUT2D eigenvalue weighted by atomic mass is 35.5. The van der Waals surface area contributed by atoms with Gasteiger partial charge in [0, 0.05) is 29.7 Å². The summed E-state index contributed by atoms with van der Waals surface area (Å²) in [5.74, 6) is 2.28. The van der Waals surface area contributed by atoms with Gasteiger partial charge in [0.25, 0.3) is 0 Å². The van der Waals surface area contributed by atoms with Gasteiger partial charge in [-0.3, -0.25) is 9.69 Å². The van der Waals surface area contributed by atoms with Gasteiger partial charge in [0.2, 0.25) is 17.6 Å². The van der Waals surface area contributed by atoms with Crippen LogP contribution in [0.15, 0.2) is 28.8 Å². The van der Waals surface area contributed by atoms with Crippen molar-refractivity contribution >= 4 is 29.3 Å². The Morgan fingerprint density at radius 3 is 2.87 bits per heavy atom. The van der Waals surface area contributed by atoms with E-state index >= 15 is 0 Å². The molecule has 2 aromatic rings. The Kier molecular flexibility index (Phi) is 8.27. The van der Waals surface area contributed by atoms with Gasteiger partial charge in [-0.25, -0.2) is 0 Å². The lowest BCUT2D eigenvalue weighted by atomic mass is 9.97. The maximum atomic E-state index is 12.7. The first kappa shape index (κ1) is 22.6. The Hall–Kier alpha value is -1.57. The molecule has 8 heteroatoms. The van der Waals surface area contributed by atoms with Crippen molar-refractivity contribution in [3.05, 3.63) is 35.2 Å². The SMILES string of the molecule is O=C(NCCSC1CCCCC1)C1CCCN(Cc2nc(-c3ccccc3Cl)no2)C1. The molecular formula is C23H31ClN4O2S. The van der Waals surface area contributed by atoms with Gasteiger partial charge in [0.1, 0.15) is 0 Å². The van der Waals surface area contributed by atoms with Gasteiger partial charge >= 0.3 is 0 Å². The lowest BCUT2D eigenvalue weighted by molar-refractivity contribution is -0.126. The van der Waals surface area contributed by atoms with Gasteiger partial charge in [-0.1, -0.05) is 48.2 Å². The third kappa shape index (κ3) is 6.46. The van der Waals surface area contributed by atoms with E-state index in [0.717, 1.165) is 49.0 Å². The minimum Gasteiger partial charge on any atom is -0.355 e. The molecule has 4 rings (SSSR count). The van der Waals surface area contributed by atoms with Crippen molar-refractivity contribution < 1.29 is 9.32 Å². The van der Waals surface area contributed by atoms with Gasteiger partial charge in [-0.05, 0) is 44.4 Å². The van der Waals surface area contributed by atoms with Gasteiger partial charge < -0.3 is 9.84 Å². The van der Waals surface area contributed by atoms with Crippen molar-refractivity contribution in [2.75, 3.05) is 25.4 Å². The van der Waals surface area contributed by atoms with Crippen LogP contribution in [0.3, 0.4) is 0 Å². The number of benzene rings is 1. The van der Waals surface area contributed by atoms with E-state index in [1.54, 1.807) is 0 Å². The molecule has 1 aliphatic heterocycles. The van der Waals surface area contributed by atoms with Crippen LogP contribution in [0, 0.1) is 5.92 Å². The second-order valence-corrected chi connectivity index (χ2v) is 10.3. The van der Waals surface area contributed by atoms with E-state index in [1.807, 2.05) is 36.0 Å². The van der Waals surface area contributed by atoms with E-state index in [4.69, 9.17) is 16.1 Å². The molecule has 1 aromatic carbocycles. The van der Waals surface area contributed by atoms with Crippen LogP contribution in [0.4, 0.5) is 0 Å². The number of hydrogen-bond acceptors (Lipinski definition) is 6. The average Bonchev–Trinajstić information content (AvgIpc) is 3.26. The average molecular weight is 463 g/mol. The summed E-state index contributed by atoms with van der Waals surface area (Å²) in [7, 11) is 0. The van der Waals surface area contributed by atoms with Crippen LogP contribution in [0.5, 0.6) is 0 Å². The highest BCUT2D eigenvalue weighted by Crippen LogP contribution is 2.28. The smallest absolute Gasteiger partial charge is 0.241 e. The normalized spacial score (nSPS) is 20.6. The molecule has 1 N–H and O–H groups in total. The monoisotopic (exact) mass is 462 g/mol. The summed E-state index contributed by atoms with van der Waals surface area (Å²) in [5, 5.41) is 8.63. The molecule has 1 aromatic heterocycles. The van der Waals surface area contributed by atoms with Crippen LogP contribution < -0.4 is 5.32 Å². The maximum absolute atomic E-state index is 12.7. The molecule has 6 nitrogen and oxygen atoms in total. The topological polar surface area (TPSA) is 71.3 Å². The molecule has 0 spiro atoms. The molecule has 2 aliphatic rings. The fourth-order valence-corrected chi connectivity index (χ4v) is 5.89. The molecule has 1 atom stereocenters. The lowest BCUT2D eigenvalue weighted by Gasteiger charge is -2.31. The number of thioether (sulfide) groups is 1. The molecule has 1 saturated carbocycles. The molecule has 168 valence electrons. The zero-order chi connectivity index (χ0) is 21.5. The third-order valence-corrected chi connectivity index (χ3v) is 7.84. The summed E-state index contributed by atoms with van der Waals surface area (Å²) in [6, 6.07) is 7.47. The first-order valence-electron chi connectivity index (χ1n) is 11.4. The Labute approximate surface area is 193 Å². The number of rotatable bonds is 8. The van der Waals surface area contributed by atoms with E-state index in [-0.39, 0.29) is 11.8 Å².